The third-order valence-electron chi connectivity index (χ3n) is 6.40. The van der Waals surface area contributed by atoms with Crippen LogP contribution in [0.5, 0.6) is 5.75 Å². The van der Waals surface area contributed by atoms with Crippen molar-refractivity contribution in [3.63, 3.8) is 0 Å². The van der Waals surface area contributed by atoms with E-state index in [0.717, 1.165) is 28.8 Å². The minimum absolute atomic E-state index is 0.307. The van der Waals surface area contributed by atoms with E-state index >= 15 is 0 Å². The Kier molecular flexibility index (Phi) is 5.25. The number of nitrogens with zero attached hydrogens (tertiary/aromatic N) is 2. The van der Waals surface area contributed by atoms with Crippen molar-refractivity contribution in [1.29, 1.82) is 0 Å². The van der Waals surface area contributed by atoms with Gasteiger partial charge in [0.25, 0.3) is 11.8 Å². The Morgan fingerprint density at radius 3 is 2.48 bits per heavy atom. The number of ether oxygens (including phenoxy) is 1. The Balaban J connectivity index is 1.67. The van der Waals surface area contributed by atoms with Crippen LogP contribution in [0.2, 0.25) is 0 Å². The predicted octanol–water partition coefficient (Wildman–Crippen LogP) is 5.05. The van der Waals surface area contributed by atoms with E-state index in [1.807, 2.05) is 68.1 Å². The summed E-state index contributed by atoms with van der Waals surface area (Å²) >= 11 is 0. The molecule has 2 aliphatic rings. The average molecular weight is 439 g/mol. The van der Waals surface area contributed by atoms with Crippen molar-refractivity contribution in [1.82, 2.24) is 0 Å². The molecule has 0 N–H and O–H groups in total. The van der Waals surface area contributed by atoms with Crippen LogP contribution in [0.25, 0.3) is 5.57 Å². The molecule has 2 aliphatic heterocycles. The highest BCUT2D eigenvalue weighted by atomic mass is 16.5. The molecule has 0 atom stereocenters. The molecule has 166 valence electrons. The summed E-state index contributed by atoms with van der Waals surface area (Å²) in [7, 11) is 0. The van der Waals surface area contributed by atoms with Crippen molar-refractivity contribution in [2.45, 2.75) is 27.2 Å². The Morgan fingerprint density at radius 1 is 0.879 bits per heavy atom. The van der Waals surface area contributed by atoms with E-state index in [9.17, 15) is 9.59 Å². The lowest BCUT2D eigenvalue weighted by molar-refractivity contribution is -0.120. The molecule has 0 aliphatic carbocycles. The first-order valence-electron chi connectivity index (χ1n) is 11.3. The highest BCUT2D eigenvalue weighted by molar-refractivity contribution is 6.46. The zero-order valence-corrected chi connectivity index (χ0v) is 19.1. The second-order valence-electron chi connectivity index (χ2n) is 8.43. The number of hydrogen-bond donors (Lipinski definition) is 0. The van der Waals surface area contributed by atoms with Crippen LogP contribution < -0.4 is 14.5 Å². The molecule has 0 unspecified atom stereocenters. The van der Waals surface area contributed by atoms with Gasteiger partial charge >= 0.3 is 0 Å². The van der Waals surface area contributed by atoms with Crippen LogP contribution in [0.15, 0.2) is 72.4 Å². The molecule has 2 heterocycles. The van der Waals surface area contributed by atoms with Gasteiger partial charge in [0.2, 0.25) is 0 Å². The Bertz CT molecular complexity index is 1310. The van der Waals surface area contributed by atoms with Gasteiger partial charge in [0.05, 0.1) is 17.9 Å². The molecule has 3 aromatic carbocycles. The number of benzene rings is 3. The van der Waals surface area contributed by atoms with Crippen molar-refractivity contribution in [2.75, 3.05) is 23.0 Å². The van der Waals surface area contributed by atoms with E-state index in [0.29, 0.717) is 35.9 Å². The lowest BCUT2D eigenvalue weighted by Gasteiger charge is -2.22. The largest absolute Gasteiger partial charge is 0.494 e. The van der Waals surface area contributed by atoms with Crippen molar-refractivity contribution in [3.8, 4) is 5.75 Å². The lowest BCUT2D eigenvalue weighted by Crippen LogP contribution is -2.34. The number of amides is 2. The molecule has 2 amide bonds. The van der Waals surface area contributed by atoms with Crippen LogP contribution in [-0.4, -0.2) is 25.0 Å². The molecular formula is C28H26N2O3. The van der Waals surface area contributed by atoms with E-state index in [-0.39, 0.29) is 11.8 Å². The number of hydrogen-bond acceptors (Lipinski definition) is 4. The minimum Gasteiger partial charge on any atom is -0.494 e. The van der Waals surface area contributed by atoms with Gasteiger partial charge in [0.15, 0.2) is 0 Å². The topological polar surface area (TPSA) is 49.9 Å². The molecule has 5 nitrogen and oxygen atoms in total. The minimum atomic E-state index is -0.309. The maximum Gasteiger partial charge on any atom is 0.282 e. The van der Waals surface area contributed by atoms with Gasteiger partial charge in [-0.1, -0.05) is 42.5 Å². The van der Waals surface area contributed by atoms with E-state index in [4.69, 9.17) is 4.74 Å². The summed E-state index contributed by atoms with van der Waals surface area (Å²) in [5.41, 5.74) is 6.56. The Labute approximate surface area is 193 Å². The molecule has 3 aromatic rings. The second kappa shape index (κ2) is 8.24. The molecule has 33 heavy (non-hydrogen) atoms. The fourth-order valence-corrected chi connectivity index (χ4v) is 4.61. The molecular weight excluding hydrogens is 412 g/mol. The van der Waals surface area contributed by atoms with Crippen LogP contribution >= 0.6 is 0 Å². The number of carbonyl (C=O) groups excluding carboxylic acids is 2. The molecule has 5 heteroatoms. The van der Waals surface area contributed by atoms with Gasteiger partial charge in [0.1, 0.15) is 11.4 Å². The van der Waals surface area contributed by atoms with E-state index in [2.05, 4.69) is 6.07 Å². The fourth-order valence-electron chi connectivity index (χ4n) is 4.61. The number of fused-ring (bicyclic) bond motifs is 1. The molecule has 0 bridgehead atoms. The average Bonchev–Trinajstić information content (AvgIpc) is 3.34. The van der Waals surface area contributed by atoms with Gasteiger partial charge in [-0.25, -0.2) is 4.90 Å². The monoisotopic (exact) mass is 438 g/mol. The van der Waals surface area contributed by atoms with Gasteiger partial charge in [-0.2, -0.15) is 0 Å². The van der Waals surface area contributed by atoms with Gasteiger partial charge in [-0.15, -0.1) is 0 Å². The third-order valence-corrected chi connectivity index (χ3v) is 6.40. The van der Waals surface area contributed by atoms with Crippen molar-refractivity contribution in [3.05, 3.63) is 94.7 Å². The van der Waals surface area contributed by atoms with Gasteiger partial charge < -0.3 is 9.64 Å². The molecule has 0 saturated heterocycles. The SMILES string of the molecule is CCOc1cccc(N2C(=O)C(c3ccc(C)c(C)c3)=C(N3CCc4ccccc43)C2=O)c1. The predicted molar refractivity (Wildman–Crippen MR) is 130 cm³/mol. The smallest absolute Gasteiger partial charge is 0.282 e. The summed E-state index contributed by atoms with van der Waals surface area (Å²) in [6, 6.07) is 21.2. The number of carbonyl (C=O) groups is 2. The first kappa shape index (κ1) is 21.0. The number of rotatable bonds is 5. The normalized spacial score (nSPS) is 15.5. The molecule has 0 fully saturated rings. The zero-order chi connectivity index (χ0) is 23.1. The summed E-state index contributed by atoms with van der Waals surface area (Å²) in [5.74, 6) is 0.0122. The van der Waals surface area contributed by atoms with Crippen LogP contribution in [0.3, 0.4) is 0 Å². The summed E-state index contributed by atoms with van der Waals surface area (Å²) in [5, 5.41) is 0. The standard InChI is InChI=1S/C28H26N2O3/c1-4-33-23-10-7-9-22(17-23)30-27(31)25(21-13-12-18(2)19(3)16-21)26(28(30)32)29-15-14-20-8-5-6-11-24(20)29/h5-13,16-17H,4,14-15H2,1-3H3. The number of para-hydroxylation sites is 1. The zero-order valence-electron chi connectivity index (χ0n) is 19.1. The van der Waals surface area contributed by atoms with Crippen LogP contribution in [0, 0.1) is 13.8 Å². The van der Waals surface area contributed by atoms with Crippen LogP contribution in [0.4, 0.5) is 11.4 Å². The third kappa shape index (κ3) is 3.50. The van der Waals surface area contributed by atoms with Gasteiger partial charge in [-0.3, -0.25) is 9.59 Å². The van der Waals surface area contributed by atoms with Crippen LogP contribution in [0.1, 0.15) is 29.2 Å². The molecule has 0 spiro atoms. The van der Waals surface area contributed by atoms with Crippen LogP contribution in [-0.2, 0) is 16.0 Å². The summed E-state index contributed by atoms with van der Waals surface area (Å²) in [4.78, 5) is 31.0. The first-order valence-corrected chi connectivity index (χ1v) is 11.3. The van der Waals surface area contributed by atoms with Crippen molar-refractivity contribution < 1.29 is 14.3 Å². The summed E-state index contributed by atoms with van der Waals surface area (Å²) in [6.07, 6.45) is 0.834. The van der Waals surface area contributed by atoms with E-state index in [1.165, 1.54) is 10.5 Å². The molecule has 0 saturated carbocycles. The maximum absolute atomic E-state index is 13.9. The Hall–Kier alpha value is -3.86. The summed E-state index contributed by atoms with van der Waals surface area (Å²) in [6.45, 7) is 7.14. The fraction of sp³-hybridized carbons (Fsp3) is 0.214. The Morgan fingerprint density at radius 2 is 1.70 bits per heavy atom. The van der Waals surface area contributed by atoms with E-state index in [1.54, 1.807) is 18.2 Å². The highest BCUT2D eigenvalue weighted by Gasteiger charge is 2.44. The lowest BCUT2D eigenvalue weighted by atomic mass is 9.99. The quantitative estimate of drug-likeness (QED) is 0.523. The molecule has 0 radical (unpaired) electrons. The highest BCUT2D eigenvalue weighted by Crippen LogP contribution is 2.40. The summed E-state index contributed by atoms with van der Waals surface area (Å²) < 4.78 is 5.62. The second-order valence-corrected chi connectivity index (χ2v) is 8.43. The number of aryl methyl sites for hydroxylation is 2. The number of anilines is 2. The van der Waals surface area contributed by atoms with Gasteiger partial charge in [-0.05, 0) is 67.6 Å². The van der Waals surface area contributed by atoms with E-state index < -0.39 is 0 Å². The molecule has 5 rings (SSSR count). The van der Waals surface area contributed by atoms with Gasteiger partial charge in [0, 0.05) is 18.3 Å². The van der Waals surface area contributed by atoms with Crippen molar-refractivity contribution in [2.24, 2.45) is 0 Å². The molecule has 0 aromatic heterocycles. The first-order chi connectivity index (χ1) is 16.0. The number of imide groups is 1. The van der Waals surface area contributed by atoms with Crippen molar-refractivity contribution >= 4 is 28.8 Å². The maximum atomic E-state index is 13.9.